The molecule has 0 aliphatic rings. The van der Waals surface area contributed by atoms with Crippen LogP contribution in [-0.4, -0.2) is 7.11 Å². The van der Waals surface area contributed by atoms with E-state index in [-0.39, 0.29) is 30.0 Å². The highest BCUT2D eigenvalue weighted by atomic mass is 35.5. The van der Waals surface area contributed by atoms with Crippen molar-refractivity contribution in [2.75, 3.05) is 7.11 Å². The molecule has 0 fully saturated rings. The van der Waals surface area contributed by atoms with Crippen LogP contribution in [0.15, 0.2) is 30.9 Å². The van der Waals surface area contributed by atoms with E-state index >= 15 is 0 Å². The van der Waals surface area contributed by atoms with E-state index in [0.29, 0.717) is 0 Å². The van der Waals surface area contributed by atoms with E-state index in [0.717, 1.165) is 18.4 Å². The highest BCUT2D eigenvalue weighted by Crippen LogP contribution is 2.23. The summed E-state index contributed by atoms with van der Waals surface area (Å²) in [6.07, 6.45) is 3.47. The van der Waals surface area contributed by atoms with Gasteiger partial charge in [0, 0.05) is 6.04 Å². The number of allylic oxidation sites excluding steroid dienone is 1. The predicted molar refractivity (Wildman–Crippen MR) is 66.6 cm³/mol. The largest absolute Gasteiger partial charge is 0.494 e. The lowest BCUT2D eigenvalue weighted by molar-refractivity contribution is 0.385. The van der Waals surface area contributed by atoms with Crippen LogP contribution in [0.25, 0.3) is 0 Å². The number of ether oxygens (including phenoxy) is 1. The van der Waals surface area contributed by atoms with Gasteiger partial charge in [0.2, 0.25) is 0 Å². The van der Waals surface area contributed by atoms with Crippen molar-refractivity contribution in [1.29, 1.82) is 0 Å². The lowest BCUT2D eigenvalue weighted by Gasteiger charge is -2.12. The number of nitrogens with two attached hydrogens (primary N) is 1. The van der Waals surface area contributed by atoms with Gasteiger partial charge in [-0.25, -0.2) is 4.39 Å². The number of hydrogen-bond acceptors (Lipinski definition) is 2. The molecule has 16 heavy (non-hydrogen) atoms. The number of halogens is 2. The Kier molecular flexibility index (Phi) is 6.77. The highest BCUT2D eigenvalue weighted by molar-refractivity contribution is 5.85. The van der Waals surface area contributed by atoms with E-state index in [1.54, 1.807) is 12.1 Å². The minimum atomic E-state index is -0.364. The van der Waals surface area contributed by atoms with Crippen LogP contribution in [-0.2, 0) is 0 Å². The molecule has 0 unspecified atom stereocenters. The predicted octanol–water partition coefficient (Wildman–Crippen LogP) is 3.22. The van der Waals surface area contributed by atoms with Gasteiger partial charge in [0.25, 0.3) is 0 Å². The Morgan fingerprint density at radius 2 is 2.25 bits per heavy atom. The van der Waals surface area contributed by atoms with Crippen LogP contribution >= 0.6 is 12.4 Å². The van der Waals surface area contributed by atoms with Gasteiger partial charge in [-0.3, -0.25) is 0 Å². The molecule has 0 radical (unpaired) electrons. The van der Waals surface area contributed by atoms with Crippen LogP contribution in [0.3, 0.4) is 0 Å². The van der Waals surface area contributed by atoms with Gasteiger partial charge < -0.3 is 10.5 Å². The lowest BCUT2D eigenvalue weighted by Crippen LogP contribution is -2.10. The topological polar surface area (TPSA) is 35.2 Å². The van der Waals surface area contributed by atoms with Gasteiger partial charge in [-0.2, -0.15) is 0 Å². The molecule has 0 bridgehead atoms. The molecule has 1 atom stereocenters. The summed E-state index contributed by atoms with van der Waals surface area (Å²) < 4.78 is 18.0. The van der Waals surface area contributed by atoms with E-state index in [9.17, 15) is 4.39 Å². The SMILES string of the molecule is C=CCC[C@@H](N)c1ccc(F)c(OC)c1.Cl. The van der Waals surface area contributed by atoms with Crippen LogP contribution in [0, 0.1) is 5.82 Å². The Morgan fingerprint density at radius 3 is 2.81 bits per heavy atom. The first-order valence-electron chi connectivity index (χ1n) is 4.89. The van der Waals surface area contributed by atoms with Gasteiger partial charge in [0.05, 0.1) is 7.11 Å². The summed E-state index contributed by atoms with van der Waals surface area (Å²) in [7, 11) is 1.44. The van der Waals surface area contributed by atoms with E-state index in [1.165, 1.54) is 13.2 Å². The average Bonchev–Trinajstić information content (AvgIpc) is 2.26. The molecule has 2 nitrogen and oxygen atoms in total. The Bertz CT molecular complexity index is 344. The molecule has 0 amide bonds. The maximum absolute atomic E-state index is 13.1. The molecule has 2 N–H and O–H groups in total. The van der Waals surface area contributed by atoms with E-state index in [2.05, 4.69) is 6.58 Å². The summed E-state index contributed by atoms with van der Waals surface area (Å²) in [5.41, 5.74) is 6.81. The standard InChI is InChI=1S/C12H16FNO.ClH/c1-3-4-5-11(14)9-6-7-10(13)12(8-9)15-2;/h3,6-8,11H,1,4-5,14H2,2H3;1H/t11-;/m1./s1. The second-order valence-electron chi connectivity index (χ2n) is 3.37. The number of methoxy groups -OCH3 is 1. The van der Waals surface area contributed by atoms with Gasteiger partial charge in [-0.15, -0.1) is 19.0 Å². The molecule has 0 heterocycles. The molecule has 90 valence electrons. The third-order valence-electron chi connectivity index (χ3n) is 2.29. The zero-order chi connectivity index (χ0) is 11.3. The maximum Gasteiger partial charge on any atom is 0.165 e. The Morgan fingerprint density at radius 1 is 1.56 bits per heavy atom. The average molecular weight is 246 g/mol. The minimum absolute atomic E-state index is 0. The summed E-state index contributed by atoms with van der Waals surface area (Å²) in [6.45, 7) is 3.63. The summed E-state index contributed by atoms with van der Waals surface area (Å²) in [5, 5.41) is 0. The normalized spacial score (nSPS) is 11.4. The minimum Gasteiger partial charge on any atom is -0.494 e. The fourth-order valence-electron chi connectivity index (χ4n) is 1.37. The molecule has 1 rings (SSSR count). The Labute approximate surface area is 102 Å². The lowest BCUT2D eigenvalue weighted by atomic mass is 10.0. The number of benzene rings is 1. The van der Waals surface area contributed by atoms with Crippen molar-refractivity contribution in [3.05, 3.63) is 42.2 Å². The molecular formula is C12H17ClFNO. The fraction of sp³-hybridized carbons (Fsp3) is 0.333. The van der Waals surface area contributed by atoms with Crippen LogP contribution in [0.4, 0.5) is 4.39 Å². The molecule has 0 saturated heterocycles. The first-order valence-corrected chi connectivity index (χ1v) is 4.89. The van der Waals surface area contributed by atoms with E-state index in [4.69, 9.17) is 10.5 Å². The summed E-state index contributed by atoms with van der Waals surface area (Å²) in [6, 6.07) is 4.61. The summed E-state index contributed by atoms with van der Waals surface area (Å²) >= 11 is 0. The molecule has 1 aromatic carbocycles. The third kappa shape index (κ3) is 3.83. The first kappa shape index (κ1) is 14.9. The molecule has 0 aliphatic heterocycles. The summed E-state index contributed by atoms with van der Waals surface area (Å²) in [5.74, 6) is -0.126. The molecule has 4 heteroatoms. The third-order valence-corrected chi connectivity index (χ3v) is 2.29. The fourth-order valence-corrected chi connectivity index (χ4v) is 1.37. The van der Waals surface area contributed by atoms with E-state index in [1.807, 2.05) is 6.08 Å². The molecule has 0 spiro atoms. The monoisotopic (exact) mass is 245 g/mol. The molecular weight excluding hydrogens is 229 g/mol. The van der Waals surface area contributed by atoms with Gasteiger partial charge in [0.15, 0.2) is 11.6 Å². The Balaban J connectivity index is 0.00000225. The number of hydrogen-bond donors (Lipinski definition) is 1. The van der Waals surface area contributed by atoms with Crippen molar-refractivity contribution in [3.8, 4) is 5.75 Å². The molecule has 0 saturated carbocycles. The Hall–Kier alpha value is -1.06. The van der Waals surface area contributed by atoms with Crippen molar-refractivity contribution in [3.63, 3.8) is 0 Å². The maximum atomic E-state index is 13.1. The molecule has 0 aliphatic carbocycles. The first-order chi connectivity index (χ1) is 7.19. The van der Waals surface area contributed by atoms with E-state index < -0.39 is 0 Å². The molecule has 0 aromatic heterocycles. The van der Waals surface area contributed by atoms with Crippen molar-refractivity contribution in [2.45, 2.75) is 18.9 Å². The second kappa shape index (κ2) is 7.25. The van der Waals surface area contributed by atoms with Crippen LogP contribution < -0.4 is 10.5 Å². The van der Waals surface area contributed by atoms with Gasteiger partial charge in [-0.05, 0) is 30.5 Å². The zero-order valence-corrected chi connectivity index (χ0v) is 10.1. The quantitative estimate of drug-likeness (QED) is 0.809. The van der Waals surface area contributed by atoms with Crippen LogP contribution in [0.5, 0.6) is 5.75 Å². The van der Waals surface area contributed by atoms with Crippen molar-refractivity contribution < 1.29 is 9.13 Å². The van der Waals surface area contributed by atoms with Gasteiger partial charge >= 0.3 is 0 Å². The second-order valence-corrected chi connectivity index (χ2v) is 3.37. The summed E-state index contributed by atoms with van der Waals surface area (Å²) in [4.78, 5) is 0. The van der Waals surface area contributed by atoms with Gasteiger partial charge in [-0.1, -0.05) is 12.1 Å². The number of rotatable bonds is 5. The van der Waals surface area contributed by atoms with Gasteiger partial charge in [0.1, 0.15) is 0 Å². The van der Waals surface area contributed by atoms with Crippen molar-refractivity contribution >= 4 is 12.4 Å². The molecule has 1 aromatic rings. The van der Waals surface area contributed by atoms with Crippen LogP contribution in [0.2, 0.25) is 0 Å². The highest BCUT2D eigenvalue weighted by Gasteiger charge is 2.09. The van der Waals surface area contributed by atoms with Crippen LogP contribution in [0.1, 0.15) is 24.4 Å². The smallest absolute Gasteiger partial charge is 0.165 e. The van der Waals surface area contributed by atoms with Crippen molar-refractivity contribution in [1.82, 2.24) is 0 Å². The van der Waals surface area contributed by atoms with Crippen molar-refractivity contribution in [2.24, 2.45) is 5.73 Å². The zero-order valence-electron chi connectivity index (χ0n) is 9.28.